The van der Waals surface area contributed by atoms with Crippen molar-refractivity contribution in [3.63, 3.8) is 0 Å². The second-order valence-corrected chi connectivity index (χ2v) is 9.40. The summed E-state index contributed by atoms with van der Waals surface area (Å²) >= 11 is 0. The standard InChI is InChI=1S/C31H25NO/c1-20-17-22(19-27-25-12-6-8-14-30(25)33-31(20)27)21-15-16-29-26(18-21)24-11-5-7-13-28(24)32(29)23-9-3-2-4-10-23/h2-17,19,21,26,29H,18H2,1H3. The summed E-state index contributed by atoms with van der Waals surface area (Å²) in [6, 6.07) is 33.2. The first-order valence-corrected chi connectivity index (χ1v) is 11.8. The van der Waals surface area contributed by atoms with Gasteiger partial charge in [0.1, 0.15) is 11.2 Å². The summed E-state index contributed by atoms with van der Waals surface area (Å²) in [4.78, 5) is 2.52. The van der Waals surface area contributed by atoms with Crippen LogP contribution in [0.4, 0.5) is 11.4 Å². The van der Waals surface area contributed by atoms with E-state index in [9.17, 15) is 0 Å². The number of nitrogens with zero attached hydrogens (tertiary/aromatic N) is 1. The van der Waals surface area contributed by atoms with Gasteiger partial charge >= 0.3 is 0 Å². The Morgan fingerprint density at radius 2 is 1.58 bits per heavy atom. The van der Waals surface area contributed by atoms with Gasteiger partial charge in [0.15, 0.2) is 0 Å². The van der Waals surface area contributed by atoms with E-state index in [4.69, 9.17) is 4.42 Å². The molecule has 2 heterocycles. The van der Waals surface area contributed by atoms with Crippen LogP contribution in [0, 0.1) is 6.92 Å². The maximum absolute atomic E-state index is 6.18. The molecule has 3 atom stereocenters. The van der Waals surface area contributed by atoms with Gasteiger partial charge in [-0.3, -0.25) is 0 Å². The number of aryl methyl sites for hydroxylation is 1. The van der Waals surface area contributed by atoms with Gasteiger partial charge in [0.2, 0.25) is 0 Å². The van der Waals surface area contributed by atoms with E-state index in [0.717, 1.165) is 17.6 Å². The van der Waals surface area contributed by atoms with Crippen LogP contribution in [0.25, 0.3) is 21.9 Å². The molecule has 0 saturated carbocycles. The molecule has 2 heteroatoms. The SMILES string of the molecule is Cc1cc(C2C=CC3C(C2)c2ccccc2N3c2ccccc2)cc2c1oc1ccccc12. The predicted molar refractivity (Wildman–Crippen MR) is 137 cm³/mol. The van der Waals surface area contributed by atoms with Crippen LogP contribution < -0.4 is 4.90 Å². The van der Waals surface area contributed by atoms with Crippen molar-refractivity contribution >= 4 is 33.3 Å². The van der Waals surface area contributed by atoms with Crippen LogP contribution in [0.5, 0.6) is 0 Å². The molecule has 0 radical (unpaired) electrons. The Morgan fingerprint density at radius 3 is 2.48 bits per heavy atom. The van der Waals surface area contributed by atoms with Crippen molar-refractivity contribution in [1.29, 1.82) is 0 Å². The number of fused-ring (bicyclic) bond motifs is 6. The summed E-state index contributed by atoms with van der Waals surface area (Å²) in [5.41, 5.74) is 8.66. The topological polar surface area (TPSA) is 16.4 Å². The highest BCUT2D eigenvalue weighted by molar-refractivity contribution is 6.06. The first kappa shape index (κ1) is 18.8. The third kappa shape index (κ3) is 2.80. The molecule has 33 heavy (non-hydrogen) atoms. The molecule has 0 bridgehead atoms. The summed E-state index contributed by atoms with van der Waals surface area (Å²) in [6.07, 6.45) is 5.99. The Morgan fingerprint density at radius 1 is 0.788 bits per heavy atom. The third-order valence-electron chi connectivity index (χ3n) is 7.50. The average Bonchev–Trinajstić information content (AvgIpc) is 3.40. The second kappa shape index (κ2) is 7.11. The number of rotatable bonds is 2. The summed E-state index contributed by atoms with van der Waals surface area (Å²) in [6.45, 7) is 2.17. The molecule has 5 aromatic rings. The van der Waals surface area contributed by atoms with E-state index in [1.165, 1.54) is 38.8 Å². The third-order valence-corrected chi connectivity index (χ3v) is 7.50. The van der Waals surface area contributed by atoms with E-state index in [1.807, 2.05) is 6.07 Å². The first-order valence-electron chi connectivity index (χ1n) is 11.8. The molecule has 0 spiro atoms. The summed E-state index contributed by atoms with van der Waals surface area (Å²) in [5.74, 6) is 0.875. The van der Waals surface area contributed by atoms with Crippen molar-refractivity contribution < 1.29 is 4.42 Å². The van der Waals surface area contributed by atoms with Gasteiger partial charge in [0.05, 0.1) is 6.04 Å². The maximum Gasteiger partial charge on any atom is 0.138 e. The Balaban J connectivity index is 1.33. The smallest absolute Gasteiger partial charge is 0.138 e. The molecule has 0 amide bonds. The quantitative estimate of drug-likeness (QED) is 0.264. The molecule has 1 aliphatic heterocycles. The monoisotopic (exact) mass is 427 g/mol. The van der Waals surface area contributed by atoms with Gasteiger partial charge in [-0.1, -0.05) is 72.8 Å². The molecule has 0 saturated heterocycles. The fourth-order valence-electron chi connectivity index (χ4n) is 6.02. The summed E-state index contributed by atoms with van der Waals surface area (Å²) < 4.78 is 6.18. The van der Waals surface area contributed by atoms with Crippen molar-refractivity contribution in [3.05, 3.63) is 120 Å². The summed E-state index contributed by atoms with van der Waals surface area (Å²) in [5, 5.41) is 2.44. The largest absolute Gasteiger partial charge is 0.456 e. The first-order chi connectivity index (χ1) is 16.3. The lowest BCUT2D eigenvalue weighted by atomic mass is 9.78. The molecule has 0 N–H and O–H groups in total. The van der Waals surface area contributed by atoms with E-state index >= 15 is 0 Å². The molecule has 2 aliphatic rings. The second-order valence-electron chi connectivity index (χ2n) is 9.40. The van der Waals surface area contributed by atoms with E-state index in [2.05, 4.69) is 109 Å². The maximum atomic E-state index is 6.18. The highest BCUT2D eigenvalue weighted by atomic mass is 16.3. The van der Waals surface area contributed by atoms with Crippen LogP contribution in [0.15, 0.2) is 108 Å². The molecule has 7 rings (SSSR count). The highest BCUT2D eigenvalue weighted by Crippen LogP contribution is 2.51. The lowest BCUT2D eigenvalue weighted by molar-refractivity contribution is 0.533. The Hall–Kier alpha value is -3.78. The number of allylic oxidation sites excluding steroid dienone is 1. The van der Waals surface area contributed by atoms with E-state index < -0.39 is 0 Å². The van der Waals surface area contributed by atoms with Crippen molar-refractivity contribution in [2.24, 2.45) is 0 Å². The minimum Gasteiger partial charge on any atom is -0.456 e. The fourth-order valence-corrected chi connectivity index (χ4v) is 6.02. The highest BCUT2D eigenvalue weighted by Gasteiger charge is 2.40. The lowest BCUT2D eigenvalue weighted by Gasteiger charge is -2.33. The van der Waals surface area contributed by atoms with Gasteiger partial charge < -0.3 is 9.32 Å². The van der Waals surface area contributed by atoms with E-state index in [1.54, 1.807) is 0 Å². The van der Waals surface area contributed by atoms with Crippen molar-refractivity contribution in [2.45, 2.75) is 31.2 Å². The van der Waals surface area contributed by atoms with Gasteiger partial charge in [-0.05, 0) is 60.4 Å². The minimum atomic E-state index is 0.362. The van der Waals surface area contributed by atoms with Crippen molar-refractivity contribution in [3.8, 4) is 0 Å². The molecular formula is C31H25NO. The fraction of sp³-hybridized carbons (Fsp3) is 0.161. The Kier molecular flexibility index (Phi) is 4.04. The Labute approximate surface area is 193 Å². The van der Waals surface area contributed by atoms with Gasteiger partial charge in [-0.15, -0.1) is 0 Å². The van der Waals surface area contributed by atoms with Crippen LogP contribution in [-0.2, 0) is 0 Å². The van der Waals surface area contributed by atoms with Crippen LogP contribution >= 0.6 is 0 Å². The zero-order valence-electron chi connectivity index (χ0n) is 18.6. The van der Waals surface area contributed by atoms with Crippen molar-refractivity contribution in [2.75, 3.05) is 4.90 Å². The number of para-hydroxylation sites is 3. The van der Waals surface area contributed by atoms with E-state index in [0.29, 0.717) is 17.9 Å². The number of hydrogen-bond donors (Lipinski definition) is 0. The molecule has 1 aliphatic carbocycles. The molecule has 1 aromatic heterocycles. The van der Waals surface area contributed by atoms with E-state index in [-0.39, 0.29) is 0 Å². The minimum absolute atomic E-state index is 0.362. The summed E-state index contributed by atoms with van der Waals surface area (Å²) in [7, 11) is 0. The van der Waals surface area contributed by atoms with Crippen molar-refractivity contribution in [1.82, 2.24) is 0 Å². The van der Waals surface area contributed by atoms with Gasteiger partial charge in [-0.2, -0.15) is 0 Å². The average molecular weight is 428 g/mol. The number of hydrogen-bond acceptors (Lipinski definition) is 2. The van der Waals surface area contributed by atoms with Gasteiger partial charge in [-0.25, -0.2) is 0 Å². The predicted octanol–water partition coefficient (Wildman–Crippen LogP) is 8.24. The van der Waals surface area contributed by atoms with Crippen LogP contribution in [0.2, 0.25) is 0 Å². The zero-order valence-corrected chi connectivity index (χ0v) is 18.6. The molecule has 2 nitrogen and oxygen atoms in total. The molecule has 160 valence electrons. The van der Waals surface area contributed by atoms with Gasteiger partial charge in [0.25, 0.3) is 0 Å². The molecule has 0 fully saturated rings. The molecule has 3 unspecified atom stereocenters. The number of benzene rings is 4. The lowest BCUT2D eigenvalue weighted by Crippen LogP contribution is -2.31. The molecular weight excluding hydrogens is 402 g/mol. The van der Waals surface area contributed by atoms with Crippen LogP contribution in [-0.4, -0.2) is 6.04 Å². The van der Waals surface area contributed by atoms with Crippen LogP contribution in [0.3, 0.4) is 0 Å². The van der Waals surface area contributed by atoms with Gasteiger partial charge in [0, 0.05) is 34.0 Å². The number of furan rings is 1. The zero-order chi connectivity index (χ0) is 21.9. The Bertz CT molecular complexity index is 1530. The molecule has 4 aromatic carbocycles. The number of anilines is 2. The van der Waals surface area contributed by atoms with Crippen LogP contribution in [0.1, 0.15) is 34.9 Å². The normalized spacial score (nSPS) is 21.5.